The van der Waals surface area contributed by atoms with Gasteiger partial charge in [-0.05, 0) is 57.5 Å². The zero-order valence-corrected chi connectivity index (χ0v) is 18.4. The summed E-state index contributed by atoms with van der Waals surface area (Å²) in [6, 6.07) is 13.0. The maximum atomic E-state index is 13.3. The van der Waals surface area contributed by atoms with Crippen LogP contribution in [0.5, 0.6) is 0 Å². The van der Waals surface area contributed by atoms with E-state index in [9.17, 15) is 4.79 Å². The number of aryl methyl sites for hydroxylation is 3. The predicted octanol–water partition coefficient (Wildman–Crippen LogP) is 4.60. The molecule has 3 aromatic rings. The van der Waals surface area contributed by atoms with Crippen LogP contribution in [0.25, 0.3) is 10.7 Å². The van der Waals surface area contributed by atoms with E-state index in [1.54, 1.807) is 0 Å². The van der Waals surface area contributed by atoms with Crippen molar-refractivity contribution in [1.29, 1.82) is 0 Å². The van der Waals surface area contributed by atoms with Gasteiger partial charge in [-0.2, -0.15) is 0 Å². The minimum Gasteiger partial charge on any atom is -0.365 e. The van der Waals surface area contributed by atoms with E-state index in [0.29, 0.717) is 0 Å². The molecular formula is C23H28N4OS. The molecule has 152 valence electrons. The molecule has 1 saturated heterocycles. The Kier molecular flexibility index (Phi) is 5.46. The fourth-order valence-electron chi connectivity index (χ4n) is 4.06. The van der Waals surface area contributed by atoms with Crippen molar-refractivity contribution < 1.29 is 4.79 Å². The smallest absolute Gasteiger partial charge is 0.266 e. The summed E-state index contributed by atoms with van der Waals surface area (Å²) in [7, 11) is 0. The number of rotatable bonds is 4. The highest BCUT2D eigenvalue weighted by molar-refractivity contribution is 7.17. The standard InChI is InChI=1S/C23H28N4OS/c1-5-25-11-7-10-20(25)22-24-18(4)21(29-22)23(28)26-12-13-27(17(3)15-26)19-9-6-8-16(2)14-19/h6-11,14,17H,5,12-13,15H2,1-4H3/t17-/m1/s1. The van der Waals surface area contributed by atoms with E-state index in [-0.39, 0.29) is 11.9 Å². The second kappa shape index (κ2) is 8.03. The van der Waals surface area contributed by atoms with Gasteiger partial charge in [0.2, 0.25) is 0 Å². The van der Waals surface area contributed by atoms with Crippen LogP contribution in [-0.2, 0) is 6.54 Å². The summed E-state index contributed by atoms with van der Waals surface area (Å²) in [6.07, 6.45) is 2.06. The van der Waals surface area contributed by atoms with Gasteiger partial charge in [-0.3, -0.25) is 4.79 Å². The number of amides is 1. The highest BCUT2D eigenvalue weighted by Crippen LogP contribution is 2.30. The molecule has 3 heterocycles. The van der Waals surface area contributed by atoms with Crippen molar-refractivity contribution in [2.24, 2.45) is 0 Å². The van der Waals surface area contributed by atoms with Crippen LogP contribution in [0.2, 0.25) is 0 Å². The lowest BCUT2D eigenvalue weighted by atomic mass is 10.1. The summed E-state index contributed by atoms with van der Waals surface area (Å²) in [4.78, 5) is 23.1. The molecule has 0 aliphatic carbocycles. The number of anilines is 1. The maximum absolute atomic E-state index is 13.3. The fourth-order valence-corrected chi connectivity index (χ4v) is 5.14. The molecule has 1 amide bonds. The Bertz CT molecular complexity index is 1020. The third-order valence-corrected chi connectivity index (χ3v) is 6.80. The Morgan fingerprint density at radius 2 is 2.03 bits per heavy atom. The van der Waals surface area contributed by atoms with Crippen LogP contribution < -0.4 is 4.90 Å². The molecule has 1 aliphatic heterocycles. The Balaban J connectivity index is 1.51. The summed E-state index contributed by atoms with van der Waals surface area (Å²) in [5, 5.41) is 0.921. The first kappa shape index (κ1) is 19.7. The number of nitrogens with zero attached hydrogens (tertiary/aromatic N) is 4. The van der Waals surface area contributed by atoms with Crippen molar-refractivity contribution in [3.8, 4) is 10.7 Å². The number of hydrogen-bond acceptors (Lipinski definition) is 4. The monoisotopic (exact) mass is 408 g/mol. The molecule has 6 heteroatoms. The highest BCUT2D eigenvalue weighted by atomic mass is 32.1. The van der Waals surface area contributed by atoms with Gasteiger partial charge in [-0.15, -0.1) is 11.3 Å². The average Bonchev–Trinajstić information content (AvgIpc) is 3.33. The molecule has 1 fully saturated rings. The molecule has 0 bridgehead atoms. The van der Waals surface area contributed by atoms with Crippen LogP contribution in [0.4, 0.5) is 5.69 Å². The van der Waals surface area contributed by atoms with E-state index < -0.39 is 0 Å². The first-order valence-electron chi connectivity index (χ1n) is 10.2. The van der Waals surface area contributed by atoms with E-state index in [4.69, 9.17) is 4.98 Å². The lowest BCUT2D eigenvalue weighted by Gasteiger charge is -2.41. The Morgan fingerprint density at radius 3 is 2.76 bits per heavy atom. The average molecular weight is 409 g/mol. The van der Waals surface area contributed by atoms with Crippen LogP contribution in [0.3, 0.4) is 0 Å². The second-order valence-corrected chi connectivity index (χ2v) is 8.74. The molecule has 5 nitrogen and oxygen atoms in total. The van der Waals surface area contributed by atoms with Crippen molar-refractivity contribution in [3.63, 3.8) is 0 Å². The van der Waals surface area contributed by atoms with E-state index in [1.165, 1.54) is 22.6 Å². The molecule has 0 unspecified atom stereocenters. The molecule has 0 saturated carbocycles. The van der Waals surface area contributed by atoms with Crippen LogP contribution in [0.1, 0.15) is 34.8 Å². The minimum atomic E-state index is 0.108. The van der Waals surface area contributed by atoms with Gasteiger partial charge < -0.3 is 14.4 Å². The zero-order chi connectivity index (χ0) is 20.5. The largest absolute Gasteiger partial charge is 0.365 e. The Hall–Kier alpha value is -2.60. The van der Waals surface area contributed by atoms with E-state index in [2.05, 4.69) is 66.8 Å². The van der Waals surface area contributed by atoms with Gasteiger partial charge >= 0.3 is 0 Å². The number of piperazine rings is 1. The number of carbonyl (C=O) groups excluding carboxylic acids is 1. The minimum absolute atomic E-state index is 0.108. The van der Waals surface area contributed by atoms with Gasteiger partial charge in [-0.25, -0.2) is 4.98 Å². The van der Waals surface area contributed by atoms with Gasteiger partial charge in [0.15, 0.2) is 0 Å². The van der Waals surface area contributed by atoms with Gasteiger partial charge in [0.1, 0.15) is 9.88 Å². The second-order valence-electron chi connectivity index (χ2n) is 7.75. The quantitative estimate of drug-likeness (QED) is 0.634. The van der Waals surface area contributed by atoms with Gasteiger partial charge in [0.05, 0.1) is 11.4 Å². The van der Waals surface area contributed by atoms with E-state index >= 15 is 0 Å². The van der Waals surface area contributed by atoms with Crippen molar-refractivity contribution in [2.75, 3.05) is 24.5 Å². The lowest BCUT2D eigenvalue weighted by Crippen LogP contribution is -2.53. The molecule has 29 heavy (non-hydrogen) atoms. The zero-order valence-electron chi connectivity index (χ0n) is 17.6. The maximum Gasteiger partial charge on any atom is 0.266 e. The summed E-state index contributed by atoms with van der Waals surface area (Å²) >= 11 is 1.51. The van der Waals surface area contributed by atoms with Crippen LogP contribution in [0.15, 0.2) is 42.6 Å². The lowest BCUT2D eigenvalue weighted by molar-refractivity contribution is 0.0730. The first-order chi connectivity index (χ1) is 14.0. The van der Waals surface area contributed by atoms with Crippen molar-refractivity contribution in [1.82, 2.24) is 14.5 Å². The van der Waals surface area contributed by atoms with Gasteiger partial charge in [0.25, 0.3) is 5.91 Å². The molecule has 2 aromatic heterocycles. The number of carbonyl (C=O) groups is 1. The molecule has 1 atom stereocenters. The number of hydrogen-bond donors (Lipinski definition) is 0. The van der Waals surface area contributed by atoms with E-state index in [0.717, 1.165) is 47.5 Å². The number of thiazole rings is 1. The molecule has 0 radical (unpaired) electrons. The first-order valence-corrected chi connectivity index (χ1v) is 11.0. The third-order valence-electron chi connectivity index (χ3n) is 5.63. The van der Waals surface area contributed by atoms with Crippen molar-refractivity contribution in [3.05, 3.63) is 58.7 Å². The highest BCUT2D eigenvalue weighted by Gasteiger charge is 2.29. The molecule has 0 N–H and O–H groups in total. The van der Waals surface area contributed by atoms with Gasteiger partial charge in [0, 0.05) is 44.1 Å². The summed E-state index contributed by atoms with van der Waals surface area (Å²) < 4.78 is 2.16. The van der Waals surface area contributed by atoms with Crippen molar-refractivity contribution in [2.45, 2.75) is 40.3 Å². The molecule has 1 aromatic carbocycles. The Labute approximate surface area is 176 Å². The molecule has 1 aliphatic rings. The van der Waals surface area contributed by atoms with Crippen LogP contribution >= 0.6 is 11.3 Å². The summed E-state index contributed by atoms with van der Waals surface area (Å²) in [5.41, 5.74) is 4.41. The van der Waals surface area contributed by atoms with Crippen LogP contribution in [-0.4, -0.2) is 46.0 Å². The predicted molar refractivity (Wildman–Crippen MR) is 120 cm³/mol. The summed E-state index contributed by atoms with van der Waals surface area (Å²) in [6.45, 7) is 11.6. The molecular weight excluding hydrogens is 380 g/mol. The molecule has 0 spiro atoms. The van der Waals surface area contributed by atoms with E-state index in [1.807, 2.05) is 17.9 Å². The SMILES string of the molecule is CCn1cccc1-c1nc(C)c(C(=O)N2CCN(c3cccc(C)c3)[C@H](C)C2)s1. The summed E-state index contributed by atoms with van der Waals surface area (Å²) in [5.74, 6) is 0.108. The third kappa shape index (κ3) is 3.81. The van der Waals surface area contributed by atoms with Gasteiger partial charge in [-0.1, -0.05) is 12.1 Å². The van der Waals surface area contributed by atoms with Crippen LogP contribution in [0, 0.1) is 13.8 Å². The fraction of sp³-hybridized carbons (Fsp3) is 0.391. The normalized spacial score (nSPS) is 17.0. The Morgan fingerprint density at radius 1 is 1.21 bits per heavy atom. The number of aromatic nitrogens is 2. The topological polar surface area (TPSA) is 41.4 Å². The van der Waals surface area contributed by atoms with Crippen molar-refractivity contribution >= 4 is 22.9 Å². The number of benzene rings is 1. The molecule has 4 rings (SSSR count).